The Morgan fingerprint density at radius 3 is 1.27 bits per heavy atom. The maximum absolute atomic E-state index is 3.91. The van der Waals surface area contributed by atoms with E-state index in [9.17, 15) is 0 Å². The van der Waals surface area contributed by atoms with Crippen molar-refractivity contribution in [1.29, 1.82) is 0 Å². The molecule has 5 rings (SSSR count). The molecule has 2 atom stereocenters. The molecule has 4 aromatic rings. The molecule has 1 N–H and O–H groups in total. The molecule has 0 aliphatic carbocycles. The molecular formula is C30H31NP2. The first-order valence-electron chi connectivity index (χ1n) is 11.9. The van der Waals surface area contributed by atoms with Crippen LogP contribution in [0.2, 0.25) is 0 Å². The van der Waals surface area contributed by atoms with Gasteiger partial charge in [0.25, 0.3) is 0 Å². The zero-order valence-electron chi connectivity index (χ0n) is 18.9. The monoisotopic (exact) mass is 467 g/mol. The number of benzene rings is 4. The van der Waals surface area contributed by atoms with Gasteiger partial charge in [0.1, 0.15) is 0 Å². The summed E-state index contributed by atoms with van der Waals surface area (Å²) in [5, 5.41) is 9.88. The standard InChI is InChI=1S/C30H31NP2/c1-5-13-27(14-6-1)32(28-15-7-2-8-16-28)23-25-21-26(31-22-25)24-33(29-17-9-3-10-18-29)30-19-11-4-12-20-30/h1-20,25-26,31H,21-24H2/t25-,26?/m0/s1. The van der Waals surface area contributed by atoms with Crippen LogP contribution >= 0.6 is 15.8 Å². The van der Waals surface area contributed by atoms with Crippen LogP contribution in [0.4, 0.5) is 0 Å². The highest BCUT2D eigenvalue weighted by Crippen LogP contribution is 2.40. The van der Waals surface area contributed by atoms with Crippen molar-refractivity contribution in [3.8, 4) is 0 Å². The number of hydrogen-bond acceptors (Lipinski definition) is 1. The lowest BCUT2D eigenvalue weighted by atomic mass is 10.1. The molecule has 4 aromatic carbocycles. The first-order chi connectivity index (χ1) is 16.4. The summed E-state index contributed by atoms with van der Waals surface area (Å²) in [5.74, 6) is 0.727. The van der Waals surface area contributed by atoms with E-state index in [1.165, 1.54) is 40.0 Å². The van der Waals surface area contributed by atoms with Crippen LogP contribution in [0.5, 0.6) is 0 Å². The second-order valence-corrected chi connectivity index (χ2v) is 13.3. The molecule has 0 aromatic heterocycles. The predicted octanol–water partition coefficient (Wildman–Crippen LogP) is 5.23. The number of nitrogens with one attached hydrogen (secondary N) is 1. The predicted molar refractivity (Wildman–Crippen MR) is 148 cm³/mol. The average Bonchev–Trinajstić information content (AvgIpc) is 3.35. The van der Waals surface area contributed by atoms with Crippen molar-refractivity contribution in [1.82, 2.24) is 5.32 Å². The van der Waals surface area contributed by atoms with Gasteiger partial charge in [0, 0.05) is 6.04 Å². The van der Waals surface area contributed by atoms with Gasteiger partial charge in [-0.15, -0.1) is 0 Å². The van der Waals surface area contributed by atoms with Crippen molar-refractivity contribution >= 4 is 37.1 Å². The van der Waals surface area contributed by atoms with Gasteiger partial charge in [-0.25, -0.2) is 0 Å². The lowest BCUT2D eigenvalue weighted by Crippen LogP contribution is -2.28. The van der Waals surface area contributed by atoms with E-state index in [2.05, 4.69) is 127 Å². The van der Waals surface area contributed by atoms with Crippen molar-refractivity contribution < 1.29 is 0 Å². The van der Waals surface area contributed by atoms with Crippen LogP contribution in [-0.4, -0.2) is 24.9 Å². The van der Waals surface area contributed by atoms with Crippen LogP contribution in [0.3, 0.4) is 0 Å². The fourth-order valence-electron chi connectivity index (χ4n) is 4.81. The summed E-state index contributed by atoms with van der Waals surface area (Å²) in [6, 6.07) is 45.2. The third-order valence-corrected chi connectivity index (χ3v) is 11.8. The van der Waals surface area contributed by atoms with E-state index in [1.54, 1.807) is 0 Å². The molecule has 1 nitrogen and oxygen atoms in total. The molecule has 33 heavy (non-hydrogen) atoms. The Morgan fingerprint density at radius 2 is 0.879 bits per heavy atom. The van der Waals surface area contributed by atoms with Crippen molar-refractivity contribution in [3.63, 3.8) is 0 Å². The van der Waals surface area contributed by atoms with Gasteiger partial charge in [0.05, 0.1) is 0 Å². The molecule has 1 heterocycles. The average molecular weight is 468 g/mol. The van der Waals surface area contributed by atoms with E-state index < -0.39 is 0 Å². The second-order valence-electron chi connectivity index (χ2n) is 8.77. The minimum Gasteiger partial charge on any atom is -0.313 e. The third-order valence-electron chi connectivity index (χ3n) is 6.43. The van der Waals surface area contributed by atoms with Crippen LogP contribution in [0.25, 0.3) is 0 Å². The van der Waals surface area contributed by atoms with E-state index in [-0.39, 0.29) is 15.8 Å². The maximum Gasteiger partial charge on any atom is 0.0116 e. The van der Waals surface area contributed by atoms with Crippen molar-refractivity contribution in [2.45, 2.75) is 12.5 Å². The molecule has 1 fully saturated rings. The number of hydrogen-bond donors (Lipinski definition) is 1. The normalized spacial score (nSPS) is 18.1. The molecule has 1 aliphatic heterocycles. The Labute approximate surface area is 200 Å². The Hall–Kier alpha value is -2.30. The van der Waals surface area contributed by atoms with Crippen molar-refractivity contribution in [3.05, 3.63) is 121 Å². The zero-order valence-corrected chi connectivity index (χ0v) is 20.7. The van der Waals surface area contributed by atoms with Gasteiger partial charge in [-0.2, -0.15) is 0 Å². The van der Waals surface area contributed by atoms with Gasteiger partial charge in [-0.1, -0.05) is 121 Å². The SMILES string of the molecule is c1ccc(P(CC2C[C@H](CP(c3ccccc3)c3ccccc3)CN2)c2ccccc2)cc1. The van der Waals surface area contributed by atoms with Gasteiger partial charge < -0.3 is 5.32 Å². The molecule has 0 spiro atoms. The van der Waals surface area contributed by atoms with Crippen LogP contribution in [0.15, 0.2) is 121 Å². The largest absolute Gasteiger partial charge is 0.313 e. The highest BCUT2D eigenvalue weighted by molar-refractivity contribution is 7.73. The molecule has 0 bridgehead atoms. The quantitative estimate of drug-likeness (QED) is 0.350. The lowest BCUT2D eigenvalue weighted by molar-refractivity contribution is 0.632. The fourth-order valence-corrected chi connectivity index (χ4v) is 9.89. The van der Waals surface area contributed by atoms with E-state index >= 15 is 0 Å². The minimum absolute atomic E-state index is 0.324. The molecular weight excluding hydrogens is 436 g/mol. The number of rotatable bonds is 8. The van der Waals surface area contributed by atoms with Crippen LogP contribution in [0, 0.1) is 5.92 Å². The summed E-state index contributed by atoms with van der Waals surface area (Å²) in [5.41, 5.74) is 0. The van der Waals surface area contributed by atoms with Crippen LogP contribution in [0.1, 0.15) is 6.42 Å². The van der Waals surface area contributed by atoms with Crippen molar-refractivity contribution in [2.24, 2.45) is 5.92 Å². The summed E-state index contributed by atoms with van der Waals surface area (Å²) in [7, 11) is -0.670. The van der Waals surface area contributed by atoms with E-state index in [0.29, 0.717) is 6.04 Å². The van der Waals surface area contributed by atoms with Gasteiger partial charge in [0.2, 0.25) is 0 Å². The summed E-state index contributed by atoms with van der Waals surface area (Å²) in [6.07, 6.45) is 3.76. The van der Waals surface area contributed by atoms with Gasteiger partial charge in [-0.05, 0) is 68.3 Å². The molecule has 1 saturated heterocycles. The fraction of sp³-hybridized carbons (Fsp3) is 0.200. The topological polar surface area (TPSA) is 12.0 Å². The summed E-state index contributed by atoms with van der Waals surface area (Å²) in [4.78, 5) is 0. The second kappa shape index (κ2) is 11.2. The van der Waals surface area contributed by atoms with Crippen LogP contribution < -0.4 is 26.5 Å². The van der Waals surface area contributed by atoms with Gasteiger partial charge in [-0.3, -0.25) is 0 Å². The Bertz CT molecular complexity index is 933. The summed E-state index contributed by atoms with van der Waals surface area (Å²) in [6.45, 7) is 1.13. The van der Waals surface area contributed by atoms with E-state index in [1.807, 2.05) is 0 Å². The molecule has 3 heteroatoms. The Kier molecular flexibility index (Phi) is 7.64. The lowest BCUT2D eigenvalue weighted by Gasteiger charge is -2.24. The van der Waals surface area contributed by atoms with Crippen LogP contribution in [-0.2, 0) is 0 Å². The summed E-state index contributed by atoms with van der Waals surface area (Å²) < 4.78 is 0. The molecule has 0 saturated carbocycles. The van der Waals surface area contributed by atoms with Crippen molar-refractivity contribution in [2.75, 3.05) is 18.9 Å². The third kappa shape index (κ3) is 5.80. The Morgan fingerprint density at radius 1 is 0.515 bits per heavy atom. The maximum atomic E-state index is 3.91. The zero-order chi connectivity index (χ0) is 22.3. The smallest absolute Gasteiger partial charge is 0.0116 e. The van der Waals surface area contributed by atoms with E-state index in [4.69, 9.17) is 0 Å². The van der Waals surface area contributed by atoms with Gasteiger partial charge >= 0.3 is 0 Å². The van der Waals surface area contributed by atoms with Gasteiger partial charge in [0.15, 0.2) is 0 Å². The summed E-state index contributed by atoms with van der Waals surface area (Å²) >= 11 is 0. The molecule has 166 valence electrons. The Balaban J connectivity index is 1.31. The molecule has 0 radical (unpaired) electrons. The highest BCUT2D eigenvalue weighted by atomic mass is 31.1. The first-order valence-corrected chi connectivity index (χ1v) is 14.9. The first kappa shape index (κ1) is 22.5. The minimum atomic E-state index is -0.346. The highest BCUT2D eigenvalue weighted by Gasteiger charge is 2.30. The molecule has 1 unspecified atom stereocenters. The molecule has 1 aliphatic rings. The molecule has 0 amide bonds. The van der Waals surface area contributed by atoms with E-state index in [0.717, 1.165) is 12.5 Å².